The van der Waals surface area contributed by atoms with Crippen LogP contribution in [0.5, 0.6) is 23.0 Å². The second-order valence-electron chi connectivity index (χ2n) is 7.30. The molecule has 2 rings (SSSR count). The molecule has 7 nitrogen and oxygen atoms in total. The molecule has 32 heavy (non-hydrogen) atoms. The van der Waals surface area contributed by atoms with E-state index in [4.69, 9.17) is 28.4 Å². The Labute approximate surface area is 192 Å². The molecule has 0 saturated heterocycles. The van der Waals surface area contributed by atoms with Gasteiger partial charge in [-0.3, -0.25) is 4.90 Å². The molecule has 0 aliphatic heterocycles. The lowest BCUT2D eigenvalue weighted by Gasteiger charge is -2.32. The van der Waals surface area contributed by atoms with Crippen LogP contribution in [0.3, 0.4) is 0 Å². The number of ether oxygens (including phenoxy) is 6. The third kappa shape index (κ3) is 6.76. The Bertz CT molecular complexity index is 822. The van der Waals surface area contributed by atoms with Crippen molar-refractivity contribution in [3.63, 3.8) is 0 Å². The summed E-state index contributed by atoms with van der Waals surface area (Å²) in [5.41, 5.74) is 2.23. The summed E-state index contributed by atoms with van der Waals surface area (Å²) in [5, 5.41) is 0. The van der Waals surface area contributed by atoms with Crippen LogP contribution >= 0.6 is 0 Å². The van der Waals surface area contributed by atoms with Gasteiger partial charge in [0, 0.05) is 25.8 Å². The van der Waals surface area contributed by atoms with Crippen molar-refractivity contribution in [2.75, 3.05) is 55.2 Å². The van der Waals surface area contributed by atoms with Crippen LogP contribution in [0.15, 0.2) is 36.4 Å². The highest BCUT2D eigenvalue weighted by Gasteiger charge is 2.23. The molecule has 0 amide bonds. The highest BCUT2D eigenvalue weighted by Crippen LogP contribution is 2.35. The van der Waals surface area contributed by atoms with Gasteiger partial charge in [0.2, 0.25) is 0 Å². The Kier molecular flexibility index (Phi) is 10.6. The van der Waals surface area contributed by atoms with Crippen molar-refractivity contribution >= 4 is 0 Å². The molecular formula is C25H37NO6. The first kappa shape index (κ1) is 25.8. The minimum atomic E-state index is -0.303. The van der Waals surface area contributed by atoms with Gasteiger partial charge in [0.25, 0.3) is 0 Å². The fourth-order valence-corrected chi connectivity index (χ4v) is 3.71. The van der Waals surface area contributed by atoms with E-state index in [0.717, 1.165) is 17.5 Å². The molecule has 1 atom stereocenters. The van der Waals surface area contributed by atoms with E-state index in [0.29, 0.717) is 42.8 Å². The number of nitrogens with zero attached hydrogens (tertiary/aromatic N) is 1. The minimum absolute atomic E-state index is 0.0383. The smallest absolute Gasteiger partial charge is 0.170 e. The first-order valence-electron chi connectivity index (χ1n) is 10.9. The average Bonchev–Trinajstić information content (AvgIpc) is 2.82. The maximum Gasteiger partial charge on any atom is 0.170 e. The number of methoxy groups -OCH3 is 4. The fraction of sp³-hybridized carbons (Fsp3) is 0.520. The maximum absolute atomic E-state index is 5.79. The molecule has 0 spiro atoms. The van der Waals surface area contributed by atoms with Gasteiger partial charge in [0.05, 0.1) is 28.4 Å². The topological polar surface area (TPSA) is 58.6 Å². The molecule has 2 aromatic carbocycles. The molecule has 0 aliphatic carbocycles. The van der Waals surface area contributed by atoms with Gasteiger partial charge in [0.1, 0.15) is 0 Å². The largest absolute Gasteiger partial charge is 0.493 e. The van der Waals surface area contributed by atoms with Gasteiger partial charge in [0.15, 0.2) is 29.3 Å². The van der Waals surface area contributed by atoms with Crippen LogP contribution in [0.2, 0.25) is 0 Å². The third-order valence-corrected chi connectivity index (χ3v) is 5.34. The number of hydrogen-bond donors (Lipinski definition) is 0. The average molecular weight is 448 g/mol. The van der Waals surface area contributed by atoms with Crippen molar-refractivity contribution in [3.05, 3.63) is 47.5 Å². The summed E-state index contributed by atoms with van der Waals surface area (Å²) in [7, 11) is 8.65. The Hall–Kier alpha value is -2.48. The third-order valence-electron chi connectivity index (χ3n) is 5.34. The zero-order chi connectivity index (χ0) is 23.5. The van der Waals surface area contributed by atoms with Crippen molar-refractivity contribution in [3.8, 4) is 23.0 Å². The molecule has 0 heterocycles. The summed E-state index contributed by atoms with van der Waals surface area (Å²) in [5.74, 6) is 2.81. The zero-order valence-corrected chi connectivity index (χ0v) is 20.3. The van der Waals surface area contributed by atoms with E-state index < -0.39 is 0 Å². The lowest BCUT2D eigenvalue weighted by molar-refractivity contribution is -0.148. The predicted octanol–water partition coefficient (Wildman–Crippen LogP) is 4.34. The van der Waals surface area contributed by atoms with Gasteiger partial charge in [-0.15, -0.1) is 0 Å². The summed E-state index contributed by atoms with van der Waals surface area (Å²) >= 11 is 0. The van der Waals surface area contributed by atoms with Gasteiger partial charge in [-0.2, -0.15) is 0 Å². The highest BCUT2D eigenvalue weighted by atomic mass is 16.7. The summed E-state index contributed by atoms with van der Waals surface area (Å²) in [6, 6.07) is 12.1. The molecule has 0 bridgehead atoms. The number of benzene rings is 2. The zero-order valence-electron chi connectivity index (χ0n) is 20.3. The predicted molar refractivity (Wildman–Crippen MR) is 125 cm³/mol. The first-order valence-corrected chi connectivity index (χ1v) is 10.9. The van der Waals surface area contributed by atoms with Crippen molar-refractivity contribution in [1.82, 2.24) is 4.90 Å². The molecule has 0 fully saturated rings. The van der Waals surface area contributed by atoms with Gasteiger partial charge in [-0.25, -0.2) is 0 Å². The lowest BCUT2D eigenvalue weighted by atomic mass is 9.96. The monoisotopic (exact) mass is 447 g/mol. The van der Waals surface area contributed by atoms with E-state index in [2.05, 4.69) is 24.1 Å². The van der Waals surface area contributed by atoms with Crippen LogP contribution < -0.4 is 18.9 Å². The van der Waals surface area contributed by atoms with Crippen molar-refractivity contribution < 1.29 is 28.4 Å². The van der Waals surface area contributed by atoms with Crippen molar-refractivity contribution in [1.29, 1.82) is 0 Å². The molecular weight excluding hydrogens is 410 g/mol. The van der Waals surface area contributed by atoms with Gasteiger partial charge < -0.3 is 28.4 Å². The van der Waals surface area contributed by atoms with Crippen LogP contribution in [-0.2, 0) is 15.9 Å². The van der Waals surface area contributed by atoms with E-state index in [1.807, 2.05) is 38.1 Å². The Balaban J connectivity index is 2.40. The first-order chi connectivity index (χ1) is 15.5. The Morgan fingerprint density at radius 3 is 1.78 bits per heavy atom. The second kappa shape index (κ2) is 13.2. The van der Waals surface area contributed by atoms with E-state index in [9.17, 15) is 0 Å². The fourth-order valence-electron chi connectivity index (χ4n) is 3.71. The SMILES string of the molecule is CCOC(CN(C)[C@@H](Cc1ccc(OC)c(OC)c1)c1ccc(OC)c(OC)c1)OCC. The van der Waals surface area contributed by atoms with Gasteiger partial charge >= 0.3 is 0 Å². The quantitative estimate of drug-likeness (QED) is 0.399. The molecule has 0 radical (unpaired) electrons. The lowest BCUT2D eigenvalue weighted by Crippen LogP contribution is -2.36. The van der Waals surface area contributed by atoms with Gasteiger partial charge in [-0.1, -0.05) is 12.1 Å². The van der Waals surface area contributed by atoms with Crippen LogP contribution in [0.4, 0.5) is 0 Å². The Morgan fingerprint density at radius 2 is 1.25 bits per heavy atom. The maximum atomic E-state index is 5.79. The summed E-state index contributed by atoms with van der Waals surface area (Å²) in [4.78, 5) is 2.24. The molecule has 0 aromatic heterocycles. The summed E-state index contributed by atoms with van der Waals surface area (Å²) in [6.45, 7) is 5.75. The van der Waals surface area contributed by atoms with E-state index in [-0.39, 0.29) is 12.3 Å². The normalized spacial score (nSPS) is 12.2. The molecule has 2 aromatic rings. The van der Waals surface area contributed by atoms with Crippen LogP contribution in [0, 0.1) is 0 Å². The molecule has 0 unspecified atom stereocenters. The second-order valence-corrected chi connectivity index (χ2v) is 7.30. The number of likely N-dealkylation sites (N-methyl/N-ethyl adjacent to an activating group) is 1. The number of hydrogen-bond acceptors (Lipinski definition) is 7. The van der Waals surface area contributed by atoms with Crippen LogP contribution in [0.1, 0.15) is 31.0 Å². The van der Waals surface area contributed by atoms with Crippen molar-refractivity contribution in [2.45, 2.75) is 32.6 Å². The van der Waals surface area contributed by atoms with Crippen molar-refractivity contribution in [2.24, 2.45) is 0 Å². The van der Waals surface area contributed by atoms with E-state index in [1.54, 1.807) is 28.4 Å². The van der Waals surface area contributed by atoms with Gasteiger partial charge in [-0.05, 0) is 62.7 Å². The molecule has 0 N–H and O–H groups in total. The van der Waals surface area contributed by atoms with Crippen LogP contribution in [-0.4, -0.2) is 66.4 Å². The Morgan fingerprint density at radius 1 is 0.719 bits per heavy atom. The molecule has 7 heteroatoms. The number of rotatable bonds is 14. The summed E-state index contributed by atoms with van der Waals surface area (Å²) in [6.07, 6.45) is 0.445. The molecule has 0 aliphatic rings. The standard InChI is InChI=1S/C25H37NO6/c1-8-31-25(32-9-2)17-26(3)20(19-11-13-22(28-5)24(16-19)30-7)14-18-10-12-21(27-4)23(15-18)29-6/h10-13,15-16,20,25H,8-9,14,17H2,1-7H3/t20-/m0/s1. The van der Waals surface area contributed by atoms with E-state index in [1.165, 1.54) is 0 Å². The summed E-state index contributed by atoms with van der Waals surface area (Å²) < 4.78 is 33.5. The molecule has 178 valence electrons. The highest BCUT2D eigenvalue weighted by molar-refractivity contribution is 5.46. The van der Waals surface area contributed by atoms with E-state index >= 15 is 0 Å². The van der Waals surface area contributed by atoms with Crippen LogP contribution in [0.25, 0.3) is 0 Å². The minimum Gasteiger partial charge on any atom is -0.493 e. The molecule has 0 saturated carbocycles.